The quantitative estimate of drug-likeness (QED) is 0.574. The van der Waals surface area contributed by atoms with Crippen LogP contribution in [0.25, 0.3) is 11.3 Å². The highest BCUT2D eigenvalue weighted by molar-refractivity contribution is 7.14. The Kier molecular flexibility index (Phi) is 6.97. The van der Waals surface area contributed by atoms with Crippen LogP contribution in [0.2, 0.25) is 0 Å². The van der Waals surface area contributed by atoms with Crippen molar-refractivity contribution < 1.29 is 19.1 Å². The molecule has 0 atom stereocenters. The molecule has 3 rings (SSSR count). The zero-order chi connectivity index (χ0) is 20.6. The van der Waals surface area contributed by atoms with Gasteiger partial charge in [-0.3, -0.25) is 4.79 Å². The maximum absolute atomic E-state index is 12.5. The molecule has 1 N–H and O–H groups in total. The normalized spacial score (nSPS) is 10.4. The smallest absolute Gasteiger partial charge is 0.351 e. The minimum atomic E-state index is -0.542. The standard InChI is InChI=1S/C22H22N2O4S/c1-15-24-20(17-6-4-3-5-7-17)21(29-15)22(26)28-14-19(25)23-13-12-16-8-10-18(27-2)11-9-16/h3-11H,12-14H2,1-2H3,(H,23,25). The second-order valence-electron chi connectivity index (χ2n) is 6.30. The van der Waals surface area contributed by atoms with E-state index < -0.39 is 5.97 Å². The van der Waals surface area contributed by atoms with E-state index in [9.17, 15) is 9.59 Å². The Morgan fingerprint density at radius 2 is 1.79 bits per heavy atom. The lowest BCUT2D eigenvalue weighted by Crippen LogP contribution is -2.30. The van der Waals surface area contributed by atoms with Gasteiger partial charge in [-0.25, -0.2) is 9.78 Å². The van der Waals surface area contributed by atoms with Crippen molar-refractivity contribution in [3.05, 3.63) is 70.0 Å². The summed E-state index contributed by atoms with van der Waals surface area (Å²) in [5, 5.41) is 3.52. The van der Waals surface area contributed by atoms with E-state index in [4.69, 9.17) is 9.47 Å². The summed E-state index contributed by atoms with van der Waals surface area (Å²) in [4.78, 5) is 29.3. The van der Waals surface area contributed by atoms with Gasteiger partial charge in [-0.15, -0.1) is 11.3 Å². The van der Waals surface area contributed by atoms with Crippen molar-refractivity contribution >= 4 is 23.2 Å². The van der Waals surface area contributed by atoms with Crippen LogP contribution in [0.1, 0.15) is 20.2 Å². The number of nitrogens with zero attached hydrogens (tertiary/aromatic N) is 1. The van der Waals surface area contributed by atoms with Crippen LogP contribution in [0.5, 0.6) is 5.75 Å². The van der Waals surface area contributed by atoms with Crippen molar-refractivity contribution in [1.29, 1.82) is 0 Å². The summed E-state index contributed by atoms with van der Waals surface area (Å²) in [6, 6.07) is 17.1. The van der Waals surface area contributed by atoms with E-state index in [-0.39, 0.29) is 12.5 Å². The third-order valence-corrected chi connectivity index (χ3v) is 5.15. The van der Waals surface area contributed by atoms with Gasteiger partial charge in [0.2, 0.25) is 0 Å². The summed E-state index contributed by atoms with van der Waals surface area (Å²) >= 11 is 1.26. The number of carbonyl (C=O) groups excluding carboxylic acids is 2. The highest BCUT2D eigenvalue weighted by atomic mass is 32.1. The zero-order valence-electron chi connectivity index (χ0n) is 16.3. The Balaban J connectivity index is 1.50. The fraction of sp³-hybridized carbons (Fsp3) is 0.227. The molecule has 0 saturated carbocycles. The van der Waals surface area contributed by atoms with Gasteiger partial charge in [0.1, 0.15) is 10.6 Å². The van der Waals surface area contributed by atoms with E-state index in [1.165, 1.54) is 11.3 Å². The first kappa shape index (κ1) is 20.5. The Hall–Kier alpha value is -3.19. The number of ether oxygens (including phenoxy) is 2. The van der Waals surface area contributed by atoms with E-state index in [1.54, 1.807) is 7.11 Å². The van der Waals surface area contributed by atoms with Crippen molar-refractivity contribution in [2.24, 2.45) is 0 Å². The van der Waals surface area contributed by atoms with Crippen LogP contribution in [0.4, 0.5) is 0 Å². The number of amides is 1. The molecule has 7 heteroatoms. The molecule has 1 heterocycles. The lowest BCUT2D eigenvalue weighted by atomic mass is 10.1. The summed E-state index contributed by atoms with van der Waals surface area (Å²) in [6.07, 6.45) is 0.676. The number of hydrogen-bond donors (Lipinski definition) is 1. The molecule has 0 spiro atoms. The van der Waals surface area contributed by atoms with Crippen molar-refractivity contribution in [1.82, 2.24) is 10.3 Å². The number of carbonyl (C=O) groups is 2. The predicted octanol–water partition coefficient (Wildman–Crippen LogP) is 3.64. The average molecular weight is 410 g/mol. The van der Waals surface area contributed by atoms with Gasteiger partial charge in [-0.05, 0) is 31.0 Å². The summed E-state index contributed by atoms with van der Waals surface area (Å²) in [7, 11) is 1.62. The molecular formula is C22H22N2O4S. The number of rotatable bonds is 8. The Labute approximate surface area is 173 Å². The number of aryl methyl sites for hydroxylation is 1. The number of methoxy groups -OCH3 is 1. The van der Waals surface area contributed by atoms with Gasteiger partial charge in [0.25, 0.3) is 5.91 Å². The van der Waals surface area contributed by atoms with Gasteiger partial charge >= 0.3 is 5.97 Å². The molecular weight excluding hydrogens is 388 g/mol. The van der Waals surface area contributed by atoms with Crippen molar-refractivity contribution in [2.75, 3.05) is 20.3 Å². The fourth-order valence-corrected chi connectivity index (χ4v) is 3.58. The van der Waals surface area contributed by atoms with Crippen LogP contribution >= 0.6 is 11.3 Å². The van der Waals surface area contributed by atoms with Gasteiger partial charge in [-0.1, -0.05) is 42.5 Å². The first-order valence-electron chi connectivity index (χ1n) is 9.16. The fourth-order valence-electron chi connectivity index (χ4n) is 2.74. The van der Waals surface area contributed by atoms with E-state index in [0.29, 0.717) is 23.5 Å². The number of hydrogen-bond acceptors (Lipinski definition) is 6. The average Bonchev–Trinajstić information content (AvgIpc) is 3.15. The Bertz CT molecular complexity index is 968. The number of benzene rings is 2. The molecule has 3 aromatic rings. The van der Waals surface area contributed by atoms with E-state index in [0.717, 1.165) is 21.9 Å². The highest BCUT2D eigenvalue weighted by Crippen LogP contribution is 2.28. The molecule has 0 bridgehead atoms. The first-order valence-corrected chi connectivity index (χ1v) is 9.98. The third-order valence-electron chi connectivity index (χ3n) is 4.20. The van der Waals surface area contributed by atoms with Gasteiger partial charge in [0.15, 0.2) is 6.61 Å². The van der Waals surface area contributed by atoms with Crippen LogP contribution < -0.4 is 10.1 Å². The SMILES string of the molecule is COc1ccc(CCNC(=O)COC(=O)c2sc(C)nc2-c2ccccc2)cc1. The molecule has 29 heavy (non-hydrogen) atoms. The van der Waals surface area contributed by atoms with E-state index >= 15 is 0 Å². The molecule has 1 aromatic heterocycles. The summed E-state index contributed by atoms with van der Waals surface area (Å²) < 4.78 is 10.3. The Morgan fingerprint density at radius 3 is 2.48 bits per heavy atom. The van der Waals surface area contributed by atoms with E-state index in [2.05, 4.69) is 10.3 Å². The lowest BCUT2D eigenvalue weighted by molar-refractivity contribution is -0.124. The topological polar surface area (TPSA) is 77.5 Å². The minimum Gasteiger partial charge on any atom is -0.497 e. The molecule has 0 aliphatic carbocycles. The third kappa shape index (κ3) is 5.65. The van der Waals surface area contributed by atoms with Crippen LogP contribution in [0.3, 0.4) is 0 Å². The van der Waals surface area contributed by atoms with Gasteiger partial charge < -0.3 is 14.8 Å². The van der Waals surface area contributed by atoms with Gasteiger partial charge in [0.05, 0.1) is 17.8 Å². The first-order chi connectivity index (χ1) is 14.1. The summed E-state index contributed by atoms with van der Waals surface area (Å²) in [5.41, 5.74) is 2.50. The maximum atomic E-state index is 12.5. The molecule has 0 radical (unpaired) electrons. The number of nitrogens with one attached hydrogen (secondary N) is 1. The van der Waals surface area contributed by atoms with Crippen molar-refractivity contribution in [2.45, 2.75) is 13.3 Å². The monoisotopic (exact) mass is 410 g/mol. The van der Waals surface area contributed by atoms with Crippen LogP contribution in [0.15, 0.2) is 54.6 Å². The molecule has 150 valence electrons. The van der Waals surface area contributed by atoms with Gasteiger partial charge in [0, 0.05) is 12.1 Å². The minimum absolute atomic E-state index is 0.327. The van der Waals surface area contributed by atoms with Crippen molar-refractivity contribution in [3.8, 4) is 17.0 Å². The molecule has 6 nitrogen and oxygen atoms in total. The lowest BCUT2D eigenvalue weighted by Gasteiger charge is -2.07. The molecule has 1 amide bonds. The number of esters is 1. The second-order valence-corrected chi connectivity index (χ2v) is 7.50. The molecule has 0 aliphatic rings. The molecule has 0 aliphatic heterocycles. The Morgan fingerprint density at radius 1 is 1.07 bits per heavy atom. The van der Waals surface area contributed by atoms with E-state index in [1.807, 2.05) is 61.5 Å². The maximum Gasteiger partial charge on any atom is 0.351 e. The highest BCUT2D eigenvalue weighted by Gasteiger charge is 2.20. The molecule has 2 aromatic carbocycles. The van der Waals surface area contributed by atoms with Gasteiger partial charge in [-0.2, -0.15) is 0 Å². The number of aromatic nitrogens is 1. The predicted molar refractivity (Wildman–Crippen MR) is 112 cm³/mol. The molecule has 0 fully saturated rings. The molecule has 0 unspecified atom stereocenters. The number of thiazole rings is 1. The largest absolute Gasteiger partial charge is 0.497 e. The van der Waals surface area contributed by atoms with Crippen LogP contribution in [-0.4, -0.2) is 37.1 Å². The van der Waals surface area contributed by atoms with Crippen LogP contribution in [-0.2, 0) is 16.0 Å². The molecule has 0 saturated heterocycles. The van der Waals surface area contributed by atoms with Crippen molar-refractivity contribution in [3.63, 3.8) is 0 Å². The summed E-state index contributed by atoms with van der Waals surface area (Å²) in [6.45, 7) is 1.96. The zero-order valence-corrected chi connectivity index (χ0v) is 17.1. The second kappa shape index (κ2) is 9.84. The van der Waals surface area contributed by atoms with Crippen LogP contribution in [0, 0.1) is 6.92 Å². The summed E-state index contributed by atoms with van der Waals surface area (Å²) in [5.74, 6) is -0.0907.